The van der Waals surface area contributed by atoms with Crippen molar-refractivity contribution in [3.8, 4) is 17.2 Å². The molecule has 230 valence electrons. The maximum absolute atomic E-state index is 14.1. The third-order valence-corrected chi connectivity index (χ3v) is 7.70. The van der Waals surface area contributed by atoms with Crippen LogP contribution >= 0.6 is 11.6 Å². The van der Waals surface area contributed by atoms with Crippen molar-refractivity contribution in [1.29, 1.82) is 0 Å². The first kappa shape index (κ1) is 30.8. The number of hydrogen-bond donors (Lipinski definition) is 2. The number of benzene rings is 3. The van der Waals surface area contributed by atoms with Crippen LogP contribution in [0.1, 0.15) is 32.6 Å². The highest BCUT2D eigenvalue weighted by Crippen LogP contribution is 2.29. The van der Waals surface area contributed by atoms with E-state index in [1.54, 1.807) is 51.9 Å². The van der Waals surface area contributed by atoms with Crippen molar-refractivity contribution in [1.82, 2.24) is 24.8 Å². The van der Waals surface area contributed by atoms with Crippen molar-refractivity contribution in [2.75, 3.05) is 44.8 Å². The highest BCUT2D eigenvalue weighted by molar-refractivity contribution is 6.30. The lowest BCUT2D eigenvalue weighted by atomic mass is 10.1. The minimum absolute atomic E-state index is 0.0635. The van der Waals surface area contributed by atoms with E-state index in [2.05, 4.69) is 15.8 Å². The number of nitrogens with one attached hydrogen (secondary N) is 2. The molecule has 0 bridgehead atoms. The van der Waals surface area contributed by atoms with Gasteiger partial charge in [0.2, 0.25) is 5.91 Å². The number of carbonyl (C=O) groups is 2. The fourth-order valence-electron chi connectivity index (χ4n) is 5.16. The van der Waals surface area contributed by atoms with Crippen molar-refractivity contribution in [3.05, 3.63) is 87.9 Å². The Morgan fingerprint density at radius 3 is 2.43 bits per heavy atom. The SMILES string of the molecule is CCOc1ccccc1-n1c(C(C)N2CCN(C(=O)COc3ccc(Cl)cc3)CC2)nc2cc(NNC(C)=O)ccc2c1=O. The summed E-state index contributed by atoms with van der Waals surface area (Å²) in [6.45, 7) is 7.86. The van der Waals surface area contributed by atoms with Crippen molar-refractivity contribution in [2.45, 2.75) is 26.8 Å². The molecule has 1 atom stereocenters. The summed E-state index contributed by atoms with van der Waals surface area (Å²) in [6.07, 6.45) is 0. The van der Waals surface area contributed by atoms with E-state index in [1.807, 2.05) is 38.1 Å². The maximum Gasteiger partial charge on any atom is 0.266 e. The highest BCUT2D eigenvalue weighted by Gasteiger charge is 2.29. The Kier molecular flexibility index (Phi) is 9.66. The van der Waals surface area contributed by atoms with E-state index < -0.39 is 0 Å². The number of nitrogens with zero attached hydrogens (tertiary/aromatic N) is 4. The van der Waals surface area contributed by atoms with E-state index in [-0.39, 0.29) is 30.0 Å². The summed E-state index contributed by atoms with van der Waals surface area (Å²) < 4.78 is 13.2. The summed E-state index contributed by atoms with van der Waals surface area (Å²) in [5.41, 5.74) is 6.85. The second-order valence-corrected chi connectivity index (χ2v) is 10.8. The number of piperazine rings is 1. The molecule has 12 heteroatoms. The molecule has 3 aromatic carbocycles. The molecule has 0 aliphatic carbocycles. The molecular formula is C32H35ClN6O5. The van der Waals surface area contributed by atoms with Gasteiger partial charge in [0.1, 0.15) is 17.3 Å². The highest BCUT2D eigenvalue weighted by atomic mass is 35.5. The van der Waals surface area contributed by atoms with Crippen LogP contribution in [0.15, 0.2) is 71.5 Å². The van der Waals surface area contributed by atoms with E-state index in [0.29, 0.717) is 77.4 Å². The summed E-state index contributed by atoms with van der Waals surface area (Å²) in [5, 5.41) is 1.03. The van der Waals surface area contributed by atoms with E-state index in [4.69, 9.17) is 26.1 Å². The van der Waals surface area contributed by atoms with Crippen LogP contribution in [0.3, 0.4) is 0 Å². The van der Waals surface area contributed by atoms with Gasteiger partial charge in [0.15, 0.2) is 6.61 Å². The molecule has 11 nitrogen and oxygen atoms in total. The van der Waals surface area contributed by atoms with Crippen LogP contribution in [0.2, 0.25) is 5.02 Å². The number of amides is 2. The minimum Gasteiger partial charge on any atom is -0.492 e. The van der Waals surface area contributed by atoms with Crippen molar-refractivity contribution < 1.29 is 19.1 Å². The third-order valence-electron chi connectivity index (χ3n) is 7.45. The van der Waals surface area contributed by atoms with Gasteiger partial charge < -0.3 is 14.4 Å². The van der Waals surface area contributed by atoms with Crippen molar-refractivity contribution in [2.24, 2.45) is 0 Å². The van der Waals surface area contributed by atoms with E-state index in [1.165, 1.54) is 6.92 Å². The first-order valence-corrected chi connectivity index (χ1v) is 14.8. The molecule has 1 saturated heterocycles. The standard InChI is InChI=1S/C32H35ClN6O5/c1-4-43-29-8-6-5-7-28(29)39-31(34-27-19-24(36-35-22(3)40)11-14-26(27)32(39)42)21(2)37-15-17-38(18-16-37)30(41)20-44-25-12-9-23(33)10-13-25/h5-14,19,21,36H,4,15-18,20H2,1-3H3,(H,35,40). The molecule has 2 heterocycles. The van der Waals surface area contributed by atoms with Gasteiger partial charge in [0.05, 0.1) is 34.9 Å². The van der Waals surface area contributed by atoms with Crippen LogP contribution in [-0.4, -0.2) is 70.6 Å². The molecule has 0 radical (unpaired) electrons. The number of ether oxygens (including phenoxy) is 2. The lowest BCUT2D eigenvalue weighted by Crippen LogP contribution is -2.51. The van der Waals surface area contributed by atoms with Crippen LogP contribution in [-0.2, 0) is 9.59 Å². The van der Waals surface area contributed by atoms with Gasteiger partial charge in [0.25, 0.3) is 11.5 Å². The van der Waals surface area contributed by atoms with Crippen LogP contribution in [0, 0.1) is 0 Å². The Balaban J connectivity index is 1.42. The van der Waals surface area contributed by atoms with Crippen molar-refractivity contribution in [3.63, 3.8) is 0 Å². The predicted octanol–water partition coefficient (Wildman–Crippen LogP) is 4.19. The number of aromatic nitrogens is 2. The Hall–Kier alpha value is -4.61. The predicted molar refractivity (Wildman–Crippen MR) is 169 cm³/mol. The second kappa shape index (κ2) is 13.8. The number of hydrogen-bond acceptors (Lipinski definition) is 8. The van der Waals surface area contributed by atoms with Gasteiger partial charge in [-0.1, -0.05) is 23.7 Å². The fraction of sp³-hybridized carbons (Fsp3) is 0.312. The molecular weight excluding hydrogens is 584 g/mol. The Morgan fingerprint density at radius 2 is 1.73 bits per heavy atom. The Morgan fingerprint density at radius 1 is 1.00 bits per heavy atom. The topological polar surface area (TPSA) is 118 Å². The van der Waals surface area contributed by atoms with Gasteiger partial charge in [-0.15, -0.1) is 0 Å². The Bertz CT molecular complexity index is 1700. The molecule has 1 fully saturated rings. The quantitative estimate of drug-likeness (QED) is 0.254. The summed E-state index contributed by atoms with van der Waals surface area (Å²) in [5.74, 6) is 1.35. The van der Waals surface area contributed by atoms with Gasteiger partial charge in [-0.3, -0.25) is 34.7 Å². The zero-order valence-corrected chi connectivity index (χ0v) is 25.6. The molecule has 0 spiro atoms. The van der Waals surface area contributed by atoms with Gasteiger partial charge in [0, 0.05) is 38.1 Å². The minimum atomic E-state index is -0.281. The number of anilines is 1. The first-order valence-electron chi connectivity index (χ1n) is 14.5. The molecule has 1 aliphatic rings. The number of hydrazine groups is 1. The zero-order chi connectivity index (χ0) is 31.2. The van der Waals surface area contributed by atoms with Crippen LogP contribution in [0.5, 0.6) is 11.5 Å². The summed E-state index contributed by atoms with van der Waals surface area (Å²) >= 11 is 5.93. The van der Waals surface area contributed by atoms with Crippen LogP contribution < -0.4 is 25.9 Å². The van der Waals surface area contributed by atoms with Gasteiger partial charge in [-0.2, -0.15) is 0 Å². The lowest BCUT2D eigenvalue weighted by molar-refractivity contribution is -0.135. The van der Waals surface area contributed by atoms with Gasteiger partial charge in [-0.25, -0.2) is 4.98 Å². The summed E-state index contributed by atoms with van der Waals surface area (Å²) in [4.78, 5) is 47.4. The molecule has 0 saturated carbocycles. The molecule has 1 unspecified atom stereocenters. The number of rotatable bonds is 10. The summed E-state index contributed by atoms with van der Waals surface area (Å²) in [6, 6.07) is 19.2. The van der Waals surface area contributed by atoms with Gasteiger partial charge >= 0.3 is 0 Å². The van der Waals surface area contributed by atoms with Crippen molar-refractivity contribution >= 4 is 40.0 Å². The monoisotopic (exact) mass is 618 g/mol. The molecule has 44 heavy (non-hydrogen) atoms. The number of para-hydroxylation sites is 2. The Labute approximate surface area is 260 Å². The molecule has 4 aromatic rings. The van der Waals surface area contributed by atoms with E-state index >= 15 is 0 Å². The largest absolute Gasteiger partial charge is 0.492 e. The summed E-state index contributed by atoms with van der Waals surface area (Å²) in [7, 11) is 0. The normalized spacial score (nSPS) is 14.2. The number of carbonyl (C=O) groups excluding carboxylic acids is 2. The second-order valence-electron chi connectivity index (χ2n) is 10.4. The van der Waals surface area contributed by atoms with Crippen LogP contribution in [0.25, 0.3) is 16.6 Å². The smallest absolute Gasteiger partial charge is 0.266 e. The maximum atomic E-state index is 14.1. The number of halogens is 1. The fourth-order valence-corrected chi connectivity index (χ4v) is 5.29. The third kappa shape index (κ3) is 6.95. The molecule has 1 aliphatic heterocycles. The molecule has 1 aromatic heterocycles. The molecule has 5 rings (SSSR count). The van der Waals surface area contributed by atoms with Gasteiger partial charge in [-0.05, 0) is 68.4 Å². The first-order chi connectivity index (χ1) is 21.2. The number of fused-ring (bicyclic) bond motifs is 1. The van der Waals surface area contributed by atoms with E-state index in [0.717, 1.165) is 0 Å². The van der Waals surface area contributed by atoms with Crippen LogP contribution in [0.4, 0.5) is 5.69 Å². The molecule has 2 amide bonds. The average Bonchev–Trinajstić information content (AvgIpc) is 3.03. The average molecular weight is 619 g/mol. The van der Waals surface area contributed by atoms with E-state index in [9.17, 15) is 14.4 Å². The lowest BCUT2D eigenvalue weighted by Gasteiger charge is -2.38. The zero-order valence-electron chi connectivity index (χ0n) is 24.9. The molecule has 2 N–H and O–H groups in total.